The third-order valence-corrected chi connectivity index (χ3v) is 9.79. The molecule has 0 saturated carbocycles. The summed E-state index contributed by atoms with van der Waals surface area (Å²) < 4.78 is 0. The molecule has 7 aromatic rings. The molecule has 2 heterocycles. The van der Waals surface area contributed by atoms with Crippen LogP contribution in [-0.4, -0.2) is 11.0 Å². The first kappa shape index (κ1) is 27.1. The second-order valence-corrected chi connectivity index (χ2v) is 12.2. The van der Waals surface area contributed by atoms with E-state index < -0.39 is 5.41 Å². The molecule has 0 radical (unpaired) electrons. The minimum absolute atomic E-state index is 0.382. The Hall–Kier alpha value is -6.24. The molecule has 6 aromatic carbocycles. The number of benzene rings is 6. The van der Waals surface area contributed by atoms with Gasteiger partial charge in [-0.15, -0.1) is 0 Å². The molecule has 0 fully saturated rings. The van der Waals surface area contributed by atoms with Crippen molar-refractivity contribution in [2.24, 2.45) is 0 Å². The van der Waals surface area contributed by atoms with Crippen LogP contribution in [0.15, 0.2) is 164 Å². The van der Waals surface area contributed by atoms with E-state index in [4.69, 9.17) is 4.98 Å². The average Bonchev–Trinajstić information content (AvgIpc) is 3.47. The fourth-order valence-electron chi connectivity index (χ4n) is 7.83. The minimum atomic E-state index is -0.548. The van der Waals surface area contributed by atoms with E-state index in [1.54, 1.807) is 0 Å². The summed E-state index contributed by atoms with van der Waals surface area (Å²) in [5.74, 6) is 0. The fraction of sp³-hybridized carbons (Fsp3) is 0.0455. The van der Waals surface area contributed by atoms with Crippen LogP contribution in [0.25, 0.3) is 49.5 Å². The first-order valence-corrected chi connectivity index (χ1v) is 16.0. The van der Waals surface area contributed by atoms with Gasteiger partial charge < -0.3 is 5.32 Å². The molecule has 2 aliphatic rings. The molecule has 47 heavy (non-hydrogen) atoms. The first-order valence-electron chi connectivity index (χ1n) is 16.0. The van der Waals surface area contributed by atoms with E-state index in [1.165, 1.54) is 49.5 Å². The molecule has 9 rings (SSSR count). The maximum absolute atomic E-state index is 9.56. The largest absolute Gasteiger partial charge is 0.373 e. The zero-order valence-corrected chi connectivity index (χ0v) is 25.6. The Balaban J connectivity index is 1.42. The minimum Gasteiger partial charge on any atom is -0.373 e. The zero-order chi connectivity index (χ0) is 31.4. The van der Waals surface area contributed by atoms with Crippen molar-refractivity contribution in [2.45, 2.75) is 11.5 Å². The van der Waals surface area contributed by atoms with Gasteiger partial charge in [-0.2, -0.15) is 5.26 Å². The van der Waals surface area contributed by atoms with E-state index in [2.05, 4.69) is 151 Å². The Morgan fingerprint density at radius 3 is 1.98 bits per heavy atom. The molecule has 0 bridgehead atoms. The molecule has 1 aliphatic heterocycles. The summed E-state index contributed by atoms with van der Waals surface area (Å²) in [6, 6.07) is 54.6. The van der Waals surface area contributed by atoms with Gasteiger partial charge in [0.1, 0.15) is 6.04 Å². The predicted octanol–water partition coefficient (Wildman–Crippen LogP) is 9.81. The molecule has 1 aromatic heterocycles. The third-order valence-electron chi connectivity index (χ3n) is 9.79. The summed E-state index contributed by atoms with van der Waals surface area (Å²) in [4.78, 5) is 5.25. The lowest BCUT2D eigenvalue weighted by Crippen LogP contribution is -2.28. The van der Waals surface area contributed by atoms with Gasteiger partial charge in [-0.1, -0.05) is 127 Å². The zero-order valence-electron chi connectivity index (χ0n) is 25.6. The lowest BCUT2D eigenvalue weighted by atomic mass is 9.67. The van der Waals surface area contributed by atoms with Gasteiger partial charge in [-0.05, 0) is 91.5 Å². The van der Waals surface area contributed by atoms with Crippen molar-refractivity contribution in [2.75, 3.05) is 0 Å². The van der Waals surface area contributed by atoms with Crippen LogP contribution in [-0.2, 0) is 5.41 Å². The number of nitriles is 1. The second kappa shape index (κ2) is 10.7. The van der Waals surface area contributed by atoms with Crippen LogP contribution >= 0.6 is 0 Å². The van der Waals surface area contributed by atoms with Crippen LogP contribution in [0.5, 0.6) is 0 Å². The Kier molecular flexibility index (Phi) is 6.16. The van der Waals surface area contributed by atoms with Crippen molar-refractivity contribution in [3.05, 3.63) is 192 Å². The molecule has 1 aliphatic carbocycles. The number of allylic oxidation sites excluding steroid dienone is 2. The lowest BCUT2D eigenvalue weighted by molar-refractivity contribution is 0.770. The lowest BCUT2D eigenvalue weighted by Gasteiger charge is -2.34. The molecule has 1 atom stereocenters. The number of aromatic nitrogens is 1. The predicted molar refractivity (Wildman–Crippen MR) is 192 cm³/mol. The number of hydrogen-bond donors (Lipinski definition) is 1. The normalized spacial score (nSPS) is 15.8. The summed E-state index contributed by atoms with van der Waals surface area (Å²) in [6.45, 7) is 0. The molecule has 1 N–H and O–H groups in total. The number of rotatable bonds is 4. The van der Waals surface area contributed by atoms with Gasteiger partial charge in [0, 0.05) is 11.1 Å². The molecular formula is C44H29N3. The van der Waals surface area contributed by atoms with Gasteiger partial charge in [-0.3, -0.25) is 0 Å². The van der Waals surface area contributed by atoms with Crippen molar-refractivity contribution >= 4 is 27.1 Å². The van der Waals surface area contributed by atoms with E-state index in [9.17, 15) is 5.26 Å². The molecule has 3 heteroatoms. The van der Waals surface area contributed by atoms with Crippen LogP contribution in [0, 0.1) is 11.3 Å². The molecule has 0 spiro atoms. The van der Waals surface area contributed by atoms with Crippen molar-refractivity contribution in [1.29, 1.82) is 5.26 Å². The molecule has 3 nitrogen and oxygen atoms in total. The van der Waals surface area contributed by atoms with Crippen molar-refractivity contribution in [1.82, 2.24) is 10.3 Å². The summed E-state index contributed by atoms with van der Waals surface area (Å²) in [5.41, 5.74) is 10.8. The van der Waals surface area contributed by atoms with Crippen LogP contribution < -0.4 is 5.32 Å². The van der Waals surface area contributed by atoms with E-state index in [1.807, 2.05) is 24.4 Å². The molecule has 220 valence electrons. The monoisotopic (exact) mass is 599 g/mol. The highest BCUT2D eigenvalue weighted by Gasteiger charge is 2.47. The SMILES string of the molecule is N#CC1C=C(c2cccc(-c3cc4c(c5ccccc35)-c3c(ccc5ccccc35)C4(c3ccccc3)c3ccccc3)n2)C=CN1. The van der Waals surface area contributed by atoms with Crippen molar-refractivity contribution in [3.63, 3.8) is 0 Å². The van der Waals surface area contributed by atoms with Crippen molar-refractivity contribution < 1.29 is 0 Å². The van der Waals surface area contributed by atoms with Gasteiger partial charge in [0.25, 0.3) is 0 Å². The van der Waals surface area contributed by atoms with E-state index in [-0.39, 0.29) is 6.04 Å². The Morgan fingerprint density at radius 1 is 0.596 bits per heavy atom. The average molecular weight is 600 g/mol. The fourth-order valence-corrected chi connectivity index (χ4v) is 7.83. The highest BCUT2D eigenvalue weighted by molar-refractivity contribution is 6.15. The van der Waals surface area contributed by atoms with Crippen LogP contribution in [0.1, 0.15) is 27.9 Å². The molecule has 0 saturated heterocycles. The van der Waals surface area contributed by atoms with Crippen LogP contribution in [0.4, 0.5) is 0 Å². The van der Waals surface area contributed by atoms with Gasteiger partial charge in [0.2, 0.25) is 0 Å². The number of pyridine rings is 1. The molecular weight excluding hydrogens is 571 g/mol. The standard InChI is InChI=1S/C44H29N3/c45-28-33-26-30(24-25-46-33)40-20-11-21-41(47-40)37-27-39-43(36-19-10-9-18-35(36)37)42-34-17-8-7-12-29(34)22-23-38(42)44(39,31-13-3-1-4-14-31)32-15-5-2-6-16-32/h1-27,33,46H. The highest BCUT2D eigenvalue weighted by Crippen LogP contribution is 2.60. The highest BCUT2D eigenvalue weighted by atomic mass is 14.9. The van der Waals surface area contributed by atoms with Gasteiger partial charge in [-0.25, -0.2) is 4.98 Å². The number of nitrogens with one attached hydrogen (secondary N) is 1. The quantitative estimate of drug-likeness (QED) is 0.219. The number of dihydropyridines is 1. The third kappa shape index (κ3) is 4.02. The Morgan fingerprint density at radius 2 is 1.23 bits per heavy atom. The maximum atomic E-state index is 9.56. The summed E-state index contributed by atoms with van der Waals surface area (Å²) >= 11 is 0. The topological polar surface area (TPSA) is 48.7 Å². The number of hydrogen-bond acceptors (Lipinski definition) is 3. The summed E-state index contributed by atoms with van der Waals surface area (Å²) in [7, 11) is 0. The van der Waals surface area contributed by atoms with Gasteiger partial charge in [0.05, 0.1) is 22.9 Å². The summed E-state index contributed by atoms with van der Waals surface area (Å²) in [6.07, 6.45) is 5.75. The molecule has 1 unspecified atom stereocenters. The molecule has 0 amide bonds. The smallest absolute Gasteiger partial charge is 0.133 e. The van der Waals surface area contributed by atoms with E-state index in [0.29, 0.717) is 0 Å². The van der Waals surface area contributed by atoms with Gasteiger partial charge in [0.15, 0.2) is 0 Å². The van der Waals surface area contributed by atoms with Gasteiger partial charge >= 0.3 is 0 Å². The van der Waals surface area contributed by atoms with Crippen molar-refractivity contribution in [3.8, 4) is 28.5 Å². The van der Waals surface area contributed by atoms with E-state index >= 15 is 0 Å². The first-order chi connectivity index (χ1) is 23.3. The Bertz CT molecular complexity index is 2410. The second-order valence-electron chi connectivity index (χ2n) is 12.2. The van der Waals surface area contributed by atoms with Crippen LogP contribution in [0.3, 0.4) is 0 Å². The summed E-state index contributed by atoms with van der Waals surface area (Å²) in [5, 5.41) is 17.5. The van der Waals surface area contributed by atoms with E-state index in [0.717, 1.165) is 27.9 Å². The number of nitrogens with zero attached hydrogens (tertiary/aromatic N) is 2. The number of fused-ring (bicyclic) bond motifs is 7. The van der Waals surface area contributed by atoms with Crippen LogP contribution in [0.2, 0.25) is 0 Å². The Labute approximate surface area is 273 Å². The maximum Gasteiger partial charge on any atom is 0.133 e.